The molecule has 1 aliphatic heterocycles. The molecule has 1 unspecified atom stereocenters. The first-order valence-electron chi connectivity index (χ1n) is 8.64. The molecular weight excluding hydrogens is 304 g/mol. The second kappa shape index (κ2) is 7.36. The normalized spacial score (nSPS) is 19.5. The number of aromatic nitrogens is 5. The molecule has 0 amide bonds. The van der Waals surface area contributed by atoms with Crippen LogP contribution >= 0.6 is 0 Å². The molecule has 0 bridgehead atoms. The number of hydrogen-bond donors (Lipinski definition) is 1. The summed E-state index contributed by atoms with van der Waals surface area (Å²) in [5.74, 6) is 0.916. The summed E-state index contributed by atoms with van der Waals surface area (Å²) in [5, 5.41) is 12.3. The van der Waals surface area contributed by atoms with Crippen molar-refractivity contribution >= 4 is 0 Å². The Morgan fingerprint density at radius 2 is 2.21 bits per heavy atom. The van der Waals surface area contributed by atoms with E-state index in [0.29, 0.717) is 6.10 Å². The molecule has 2 aromatic heterocycles. The maximum absolute atomic E-state index is 5.84. The maximum Gasteiger partial charge on any atom is 0.206 e. The molecule has 2 aromatic rings. The van der Waals surface area contributed by atoms with E-state index in [1.807, 2.05) is 23.1 Å². The van der Waals surface area contributed by atoms with Crippen molar-refractivity contribution in [2.24, 2.45) is 0 Å². The van der Waals surface area contributed by atoms with Gasteiger partial charge in [-0.05, 0) is 50.1 Å². The highest BCUT2D eigenvalue weighted by Gasteiger charge is 2.26. The van der Waals surface area contributed by atoms with E-state index in [-0.39, 0.29) is 5.54 Å². The van der Waals surface area contributed by atoms with Gasteiger partial charge in [0.15, 0.2) is 0 Å². The molecule has 0 radical (unpaired) electrons. The Bertz CT molecular complexity index is 630. The lowest BCUT2D eigenvalue weighted by molar-refractivity contribution is -0.931. The van der Waals surface area contributed by atoms with Gasteiger partial charge in [0.1, 0.15) is 25.7 Å². The van der Waals surface area contributed by atoms with Crippen LogP contribution in [0.3, 0.4) is 0 Å². The fourth-order valence-corrected chi connectivity index (χ4v) is 3.19. The molecule has 130 valence electrons. The summed E-state index contributed by atoms with van der Waals surface area (Å²) in [6, 6.07) is 4.10. The Morgan fingerprint density at radius 1 is 1.33 bits per heavy atom. The molecule has 1 saturated heterocycles. The molecule has 1 fully saturated rings. The minimum absolute atomic E-state index is 0.123. The highest BCUT2D eigenvalue weighted by molar-refractivity contribution is 5.06. The summed E-state index contributed by atoms with van der Waals surface area (Å²) < 4.78 is 7.77. The van der Waals surface area contributed by atoms with Crippen LogP contribution in [0.5, 0.6) is 0 Å². The Morgan fingerprint density at radius 3 is 2.88 bits per heavy atom. The van der Waals surface area contributed by atoms with E-state index in [0.717, 1.165) is 44.9 Å². The smallest absolute Gasteiger partial charge is 0.206 e. The lowest BCUT2D eigenvalue weighted by atomic mass is 10.1. The van der Waals surface area contributed by atoms with Gasteiger partial charge in [0.2, 0.25) is 5.82 Å². The summed E-state index contributed by atoms with van der Waals surface area (Å²) in [4.78, 5) is 5.63. The van der Waals surface area contributed by atoms with Gasteiger partial charge in [-0.25, -0.2) is 4.68 Å². The predicted molar refractivity (Wildman–Crippen MR) is 89.3 cm³/mol. The second-order valence-corrected chi connectivity index (χ2v) is 7.48. The van der Waals surface area contributed by atoms with Crippen molar-refractivity contribution in [2.75, 3.05) is 13.2 Å². The standard InChI is InChI=1S/C17H26N6O/c1-17(2,3)23-16(19-20-21-23)13-22(12-15-7-5-9-24-15)11-14-6-4-8-18-10-14/h4,6,8,10,15H,5,7,9,11-13H2,1-3H3/p+1/t15-/m0/s1. The summed E-state index contributed by atoms with van der Waals surface area (Å²) >= 11 is 0. The maximum atomic E-state index is 5.84. The summed E-state index contributed by atoms with van der Waals surface area (Å²) in [6.07, 6.45) is 6.37. The fourth-order valence-electron chi connectivity index (χ4n) is 3.19. The van der Waals surface area contributed by atoms with Crippen molar-refractivity contribution in [3.63, 3.8) is 0 Å². The van der Waals surface area contributed by atoms with Gasteiger partial charge in [0, 0.05) is 24.6 Å². The lowest BCUT2D eigenvalue weighted by Crippen LogP contribution is -3.10. The average molecular weight is 331 g/mol. The third kappa shape index (κ3) is 4.36. The van der Waals surface area contributed by atoms with Crippen molar-refractivity contribution in [3.8, 4) is 0 Å². The van der Waals surface area contributed by atoms with Crippen molar-refractivity contribution in [3.05, 3.63) is 35.9 Å². The minimum atomic E-state index is -0.123. The molecule has 7 heteroatoms. The summed E-state index contributed by atoms with van der Waals surface area (Å²) in [7, 11) is 0. The molecule has 0 spiro atoms. The van der Waals surface area contributed by atoms with Crippen molar-refractivity contribution in [1.29, 1.82) is 0 Å². The highest BCUT2D eigenvalue weighted by Crippen LogP contribution is 2.13. The molecule has 7 nitrogen and oxygen atoms in total. The Labute approximate surface area is 143 Å². The number of hydrogen-bond acceptors (Lipinski definition) is 5. The number of quaternary nitrogens is 1. The molecular formula is C17H27N6O+. The predicted octanol–water partition coefficient (Wildman–Crippen LogP) is 0.587. The molecule has 0 aromatic carbocycles. The molecule has 1 aliphatic rings. The van der Waals surface area contributed by atoms with E-state index in [4.69, 9.17) is 4.74 Å². The van der Waals surface area contributed by atoms with E-state index in [1.54, 1.807) is 0 Å². The van der Waals surface area contributed by atoms with Gasteiger partial charge in [-0.15, -0.1) is 5.10 Å². The van der Waals surface area contributed by atoms with Gasteiger partial charge in [0.25, 0.3) is 0 Å². The largest absolute Gasteiger partial charge is 0.372 e. The van der Waals surface area contributed by atoms with Crippen LogP contribution in [0.4, 0.5) is 0 Å². The highest BCUT2D eigenvalue weighted by atomic mass is 16.5. The van der Waals surface area contributed by atoms with Crippen LogP contribution in [0, 0.1) is 0 Å². The van der Waals surface area contributed by atoms with Crippen molar-refractivity contribution < 1.29 is 9.64 Å². The molecule has 3 heterocycles. The average Bonchev–Trinajstić information content (AvgIpc) is 3.19. The van der Waals surface area contributed by atoms with E-state index >= 15 is 0 Å². The number of nitrogens with one attached hydrogen (secondary N) is 1. The van der Waals surface area contributed by atoms with Gasteiger partial charge in [-0.3, -0.25) is 4.98 Å². The molecule has 3 rings (SSSR count). The SMILES string of the molecule is CC(C)(C)n1nnnc1C[NH+](Cc1cccnc1)C[C@@H]1CCCO1. The molecule has 1 N–H and O–H groups in total. The van der Waals surface area contributed by atoms with E-state index in [1.165, 1.54) is 10.5 Å². The van der Waals surface area contributed by atoms with Gasteiger partial charge in [-0.1, -0.05) is 6.07 Å². The topological polar surface area (TPSA) is 70.2 Å². The van der Waals surface area contributed by atoms with Crippen LogP contribution in [0.1, 0.15) is 45.0 Å². The number of pyridine rings is 1. The number of tetrazole rings is 1. The second-order valence-electron chi connectivity index (χ2n) is 7.48. The van der Waals surface area contributed by atoms with Gasteiger partial charge in [-0.2, -0.15) is 0 Å². The third-order valence-electron chi connectivity index (χ3n) is 4.29. The van der Waals surface area contributed by atoms with Gasteiger partial charge < -0.3 is 9.64 Å². The zero-order chi connectivity index (χ0) is 17.0. The van der Waals surface area contributed by atoms with Crippen LogP contribution in [-0.4, -0.2) is 44.4 Å². The van der Waals surface area contributed by atoms with Crippen LogP contribution in [0.2, 0.25) is 0 Å². The zero-order valence-corrected chi connectivity index (χ0v) is 14.8. The van der Waals surface area contributed by atoms with E-state index < -0.39 is 0 Å². The Balaban J connectivity index is 1.75. The monoisotopic (exact) mass is 331 g/mol. The molecule has 0 aliphatic carbocycles. The van der Waals surface area contributed by atoms with Crippen molar-refractivity contribution in [2.45, 2.75) is 58.3 Å². The van der Waals surface area contributed by atoms with Crippen LogP contribution in [-0.2, 0) is 23.4 Å². The molecule has 24 heavy (non-hydrogen) atoms. The van der Waals surface area contributed by atoms with Gasteiger partial charge in [0.05, 0.1) is 5.54 Å². The third-order valence-corrected chi connectivity index (χ3v) is 4.29. The quantitative estimate of drug-likeness (QED) is 0.839. The van der Waals surface area contributed by atoms with E-state index in [2.05, 4.69) is 47.3 Å². The first kappa shape index (κ1) is 17.0. The Kier molecular flexibility index (Phi) is 5.20. The van der Waals surface area contributed by atoms with Crippen molar-refractivity contribution in [1.82, 2.24) is 25.2 Å². The lowest BCUT2D eigenvalue weighted by Gasteiger charge is -2.24. The minimum Gasteiger partial charge on any atom is -0.372 e. The zero-order valence-electron chi connectivity index (χ0n) is 14.8. The number of nitrogens with zero attached hydrogens (tertiary/aromatic N) is 5. The van der Waals surface area contributed by atoms with Crippen LogP contribution < -0.4 is 4.90 Å². The van der Waals surface area contributed by atoms with E-state index in [9.17, 15) is 0 Å². The van der Waals surface area contributed by atoms with Crippen LogP contribution in [0.15, 0.2) is 24.5 Å². The number of rotatable bonds is 6. The first-order chi connectivity index (χ1) is 11.5. The molecule has 0 saturated carbocycles. The summed E-state index contributed by atoms with van der Waals surface area (Å²) in [6.45, 7) is 9.87. The first-order valence-corrected chi connectivity index (χ1v) is 8.64. The molecule has 2 atom stereocenters. The van der Waals surface area contributed by atoms with Crippen LogP contribution in [0.25, 0.3) is 0 Å². The van der Waals surface area contributed by atoms with Gasteiger partial charge >= 0.3 is 0 Å². The number of ether oxygens (including phenoxy) is 1. The summed E-state index contributed by atoms with van der Waals surface area (Å²) in [5.41, 5.74) is 1.10. The fraction of sp³-hybridized carbons (Fsp3) is 0.647. The Hall–Kier alpha value is -1.86.